The fourth-order valence-corrected chi connectivity index (χ4v) is 3.23. The monoisotopic (exact) mass is 421 g/mol. The van der Waals surface area contributed by atoms with E-state index in [1.165, 1.54) is 12.1 Å². The molecule has 1 amide bonds. The fraction of sp³-hybridized carbons (Fsp3) is 0.409. The number of rotatable bonds is 4. The molecule has 2 atom stereocenters. The Labute approximate surface area is 175 Å². The highest BCUT2D eigenvalue weighted by molar-refractivity contribution is 6.30. The molecule has 29 heavy (non-hydrogen) atoms. The van der Waals surface area contributed by atoms with Crippen molar-refractivity contribution in [2.45, 2.75) is 38.6 Å². The number of hydrogen-bond acceptors (Lipinski definition) is 4. The van der Waals surface area contributed by atoms with E-state index < -0.39 is 29.7 Å². The Morgan fingerprint density at radius 2 is 1.93 bits per heavy atom. The number of morpholine rings is 1. The van der Waals surface area contributed by atoms with Crippen LogP contribution in [0.3, 0.4) is 0 Å². The lowest BCUT2D eigenvalue weighted by molar-refractivity contribution is -0.0842. The number of benzene rings is 2. The van der Waals surface area contributed by atoms with E-state index in [0.717, 1.165) is 5.56 Å². The van der Waals surface area contributed by atoms with Crippen molar-refractivity contribution in [3.63, 3.8) is 0 Å². The maximum absolute atomic E-state index is 14.5. The second-order valence-corrected chi connectivity index (χ2v) is 8.24. The van der Waals surface area contributed by atoms with Gasteiger partial charge in [-0.25, -0.2) is 9.18 Å². The summed E-state index contributed by atoms with van der Waals surface area (Å²) >= 11 is 5.90. The molecule has 0 aromatic heterocycles. The molecule has 1 fully saturated rings. The summed E-state index contributed by atoms with van der Waals surface area (Å²) in [4.78, 5) is 14.1. The molecule has 0 N–H and O–H groups in total. The van der Waals surface area contributed by atoms with Gasteiger partial charge in [0.15, 0.2) is 17.7 Å². The number of amides is 1. The third-order valence-corrected chi connectivity index (χ3v) is 4.67. The molecule has 0 radical (unpaired) electrons. The van der Waals surface area contributed by atoms with Crippen LogP contribution in [0.5, 0.6) is 5.75 Å². The Morgan fingerprint density at radius 3 is 2.62 bits per heavy atom. The van der Waals surface area contributed by atoms with E-state index in [4.69, 9.17) is 25.8 Å². The number of carbonyl (C=O) groups excluding carboxylic acids is 1. The largest absolute Gasteiger partial charge is 0.480 e. The van der Waals surface area contributed by atoms with Crippen molar-refractivity contribution < 1.29 is 23.4 Å². The van der Waals surface area contributed by atoms with Crippen molar-refractivity contribution in [1.82, 2.24) is 4.90 Å². The van der Waals surface area contributed by atoms with Crippen LogP contribution in [-0.4, -0.2) is 42.4 Å². The summed E-state index contributed by atoms with van der Waals surface area (Å²) in [5.74, 6) is -0.598. The van der Waals surface area contributed by atoms with Crippen LogP contribution < -0.4 is 4.74 Å². The molecule has 0 aliphatic carbocycles. The van der Waals surface area contributed by atoms with Crippen molar-refractivity contribution in [3.8, 4) is 5.75 Å². The lowest BCUT2D eigenvalue weighted by atomic mass is 10.0. The van der Waals surface area contributed by atoms with Crippen molar-refractivity contribution in [2.75, 3.05) is 19.7 Å². The second kappa shape index (κ2) is 9.01. The highest BCUT2D eigenvalue weighted by Gasteiger charge is 2.35. The van der Waals surface area contributed by atoms with E-state index in [2.05, 4.69) is 0 Å². The van der Waals surface area contributed by atoms with Crippen molar-refractivity contribution >= 4 is 17.7 Å². The molecular formula is C22H25ClFNO4. The van der Waals surface area contributed by atoms with Crippen LogP contribution in [0.2, 0.25) is 5.02 Å². The molecule has 2 aromatic carbocycles. The molecule has 1 aliphatic rings. The van der Waals surface area contributed by atoms with Crippen molar-refractivity contribution in [2.24, 2.45) is 0 Å². The zero-order valence-electron chi connectivity index (χ0n) is 16.7. The predicted molar refractivity (Wildman–Crippen MR) is 109 cm³/mol. The molecule has 1 unspecified atom stereocenters. The van der Waals surface area contributed by atoms with Gasteiger partial charge in [0.1, 0.15) is 11.7 Å². The second-order valence-electron chi connectivity index (χ2n) is 7.84. The van der Waals surface area contributed by atoms with E-state index in [1.807, 2.05) is 51.1 Å². The van der Waals surface area contributed by atoms with Gasteiger partial charge in [0.05, 0.1) is 18.2 Å². The summed E-state index contributed by atoms with van der Waals surface area (Å²) in [7, 11) is 0. The Balaban J connectivity index is 1.84. The fourth-order valence-electron chi connectivity index (χ4n) is 3.06. The van der Waals surface area contributed by atoms with E-state index in [0.29, 0.717) is 13.2 Å². The van der Waals surface area contributed by atoms with E-state index >= 15 is 0 Å². The van der Waals surface area contributed by atoms with Crippen LogP contribution in [0.1, 0.15) is 32.4 Å². The number of hydrogen-bond donors (Lipinski definition) is 0. The molecule has 0 spiro atoms. The maximum atomic E-state index is 14.5. The normalized spacial score (nSPS) is 18.2. The molecule has 1 heterocycles. The Morgan fingerprint density at radius 1 is 1.21 bits per heavy atom. The molecule has 5 nitrogen and oxygen atoms in total. The summed E-state index contributed by atoms with van der Waals surface area (Å²) in [5, 5.41) is -0.0192. The number of nitrogens with zero attached hydrogens (tertiary/aromatic N) is 1. The van der Waals surface area contributed by atoms with Crippen molar-refractivity contribution in [3.05, 3.63) is 64.9 Å². The topological polar surface area (TPSA) is 48.0 Å². The summed E-state index contributed by atoms with van der Waals surface area (Å²) in [6.07, 6.45) is -1.54. The van der Waals surface area contributed by atoms with Gasteiger partial charge < -0.3 is 19.1 Å². The minimum absolute atomic E-state index is 0.0192. The number of halogens is 2. The quantitative estimate of drug-likeness (QED) is 0.677. The highest BCUT2D eigenvalue weighted by atomic mass is 35.5. The van der Waals surface area contributed by atoms with E-state index in [1.54, 1.807) is 11.0 Å². The van der Waals surface area contributed by atoms with Gasteiger partial charge in [0.2, 0.25) is 0 Å². The van der Waals surface area contributed by atoms with E-state index in [-0.39, 0.29) is 17.3 Å². The van der Waals surface area contributed by atoms with Crippen LogP contribution in [0, 0.1) is 5.82 Å². The van der Waals surface area contributed by atoms with Gasteiger partial charge in [0.25, 0.3) is 0 Å². The van der Waals surface area contributed by atoms with Crippen LogP contribution in [-0.2, 0) is 9.47 Å². The summed E-state index contributed by atoms with van der Waals surface area (Å²) in [5.41, 5.74) is 0.215. The number of ether oxygens (including phenoxy) is 3. The zero-order chi connectivity index (χ0) is 21.0. The Kier molecular flexibility index (Phi) is 6.65. The molecule has 1 saturated heterocycles. The van der Waals surface area contributed by atoms with Gasteiger partial charge in [-0.1, -0.05) is 48.0 Å². The van der Waals surface area contributed by atoms with E-state index in [9.17, 15) is 9.18 Å². The van der Waals surface area contributed by atoms with Gasteiger partial charge in [-0.15, -0.1) is 0 Å². The molecule has 2 aromatic rings. The SMILES string of the molecule is CC(C)(C)OC(=O)N1CCO[C@H](C(Oc2cccc(Cl)c2F)c2ccccc2)C1. The predicted octanol–water partition coefficient (Wildman–Crippen LogP) is 5.24. The molecule has 1 aliphatic heterocycles. The van der Waals surface area contributed by atoms with Gasteiger partial charge in [-0.3, -0.25) is 0 Å². The smallest absolute Gasteiger partial charge is 0.410 e. The minimum Gasteiger partial charge on any atom is -0.480 e. The molecule has 0 bridgehead atoms. The Bertz CT molecular complexity index is 840. The van der Waals surface area contributed by atoms with Crippen molar-refractivity contribution in [1.29, 1.82) is 0 Å². The minimum atomic E-state index is -0.630. The van der Waals surface area contributed by atoms with Gasteiger partial charge in [0, 0.05) is 6.54 Å². The average Bonchev–Trinajstić information content (AvgIpc) is 2.68. The first-order valence-corrected chi connectivity index (χ1v) is 9.87. The highest BCUT2D eigenvalue weighted by Crippen LogP contribution is 2.32. The molecule has 156 valence electrons. The first kappa shape index (κ1) is 21.4. The number of carbonyl (C=O) groups is 1. The zero-order valence-corrected chi connectivity index (χ0v) is 17.5. The average molecular weight is 422 g/mol. The molecule has 3 rings (SSSR count). The third-order valence-electron chi connectivity index (χ3n) is 4.38. The third kappa shape index (κ3) is 5.61. The molecule has 7 heteroatoms. The van der Waals surface area contributed by atoms with Crippen LogP contribution >= 0.6 is 11.6 Å². The first-order chi connectivity index (χ1) is 13.7. The lowest BCUT2D eigenvalue weighted by Crippen LogP contribution is -2.50. The molecule has 0 saturated carbocycles. The maximum Gasteiger partial charge on any atom is 0.410 e. The summed E-state index contributed by atoms with van der Waals surface area (Å²) in [6.45, 7) is 6.46. The summed E-state index contributed by atoms with van der Waals surface area (Å²) in [6, 6.07) is 14.0. The standard InChI is InChI=1S/C22H25ClFNO4/c1-22(2,3)29-21(26)25-12-13-27-18(14-25)20(15-8-5-4-6-9-15)28-17-11-7-10-16(23)19(17)24/h4-11,18,20H,12-14H2,1-3H3/t18-,20?/m0/s1. The van der Waals surface area contributed by atoms with Gasteiger partial charge in [-0.05, 0) is 38.5 Å². The van der Waals surface area contributed by atoms with Crippen LogP contribution in [0.4, 0.5) is 9.18 Å². The Hall–Kier alpha value is -2.31. The lowest BCUT2D eigenvalue weighted by Gasteiger charge is -2.37. The van der Waals surface area contributed by atoms with Crippen LogP contribution in [0.25, 0.3) is 0 Å². The summed E-state index contributed by atoms with van der Waals surface area (Å²) < 4.78 is 31.9. The van der Waals surface area contributed by atoms with Gasteiger partial charge >= 0.3 is 6.09 Å². The first-order valence-electron chi connectivity index (χ1n) is 9.50. The molecular weight excluding hydrogens is 397 g/mol. The van der Waals surface area contributed by atoms with Gasteiger partial charge in [-0.2, -0.15) is 0 Å². The van der Waals surface area contributed by atoms with Crippen LogP contribution in [0.15, 0.2) is 48.5 Å².